The number of nitrogens with one attached hydrogen (secondary N) is 1. The quantitative estimate of drug-likeness (QED) is 0.339. The first-order valence-corrected chi connectivity index (χ1v) is 15.4. The molecule has 4 heterocycles. The molecule has 2 N–H and O–H groups in total. The molecule has 3 aromatic heterocycles. The van der Waals surface area contributed by atoms with E-state index >= 15 is 0 Å². The van der Waals surface area contributed by atoms with Gasteiger partial charge in [-0.15, -0.1) is 0 Å². The van der Waals surface area contributed by atoms with E-state index < -0.39 is 11.2 Å². The number of hydrogen-bond acceptors (Lipinski definition) is 8. The lowest BCUT2D eigenvalue weighted by Gasteiger charge is -2.42. The van der Waals surface area contributed by atoms with Crippen LogP contribution in [0.1, 0.15) is 82.3 Å². The zero-order valence-electron chi connectivity index (χ0n) is 26.2. The van der Waals surface area contributed by atoms with Gasteiger partial charge in [0, 0.05) is 67.4 Å². The number of aliphatic hydroxyl groups is 1. The summed E-state index contributed by atoms with van der Waals surface area (Å²) in [4.78, 5) is 34.4. The van der Waals surface area contributed by atoms with E-state index in [1.165, 1.54) is 6.20 Å². The number of rotatable bonds is 5. The van der Waals surface area contributed by atoms with Crippen LogP contribution in [0.4, 0.5) is 10.5 Å². The van der Waals surface area contributed by atoms with Crippen molar-refractivity contribution in [2.75, 3.05) is 31.5 Å². The maximum absolute atomic E-state index is 13.3. The number of ether oxygens (including phenoxy) is 1. The van der Waals surface area contributed by atoms with Crippen LogP contribution < -0.4 is 5.32 Å². The zero-order valence-corrected chi connectivity index (χ0v) is 26.2. The first-order chi connectivity index (χ1) is 20.9. The van der Waals surface area contributed by atoms with Crippen molar-refractivity contribution < 1.29 is 19.4 Å². The minimum Gasteiger partial charge on any atom is -0.444 e. The van der Waals surface area contributed by atoms with Gasteiger partial charge in [-0.3, -0.25) is 14.4 Å². The van der Waals surface area contributed by atoms with Gasteiger partial charge in [-0.25, -0.2) is 14.3 Å². The second-order valence-corrected chi connectivity index (χ2v) is 13.5. The van der Waals surface area contributed by atoms with Gasteiger partial charge in [-0.05, 0) is 78.5 Å². The highest BCUT2D eigenvalue weighted by Gasteiger charge is 2.32. The van der Waals surface area contributed by atoms with Crippen molar-refractivity contribution in [3.8, 4) is 0 Å². The molecular formula is C32H42N8O4. The zero-order chi connectivity index (χ0) is 31.2. The van der Waals surface area contributed by atoms with E-state index in [9.17, 15) is 14.7 Å². The normalized spacial score (nSPS) is 20.3. The van der Waals surface area contributed by atoms with Gasteiger partial charge in [0.15, 0.2) is 5.65 Å². The number of anilines is 1. The van der Waals surface area contributed by atoms with Gasteiger partial charge >= 0.3 is 6.09 Å². The first kappa shape index (κ1) is 30.0. The van der Waals surface area contributed by atoms with E-state index in [0.29, 0.717) is 41.6 Å². The van der Waals surface area contributed by atoms with Gasteiger partial charge in [0.1, 0.15) is 11.2 Å². The monoisotopic (exact) mass is 602 g/mol. The van der Waals surface area contributed by atoms with Crippen LogP contribution in [-0.2, 0) is 10.3 Å². The molecular weight excluding hydrogens is 560 g/mol. The van der Waals surface area contributed by atoms with E-state index in [1.807, 2.05) is 44.0 Å². The van der Waals surface area contributed by atoms with Crippen LogP contribution >= 0.6 is 0 Å². The largest absolute Gasteiger partial charge is 0.444 e. The van der Waals surface area contributed by atoms with Crippen LogP contribution in [-0.4, -0.2) is 89.1 Å². The average Bonchev–Trinajstić information content (AvgIpc) is 3.60. The van der Waals surface area contributed by atoms with E-state index in [2.05, 4.69) is 25.0 Å². The third-order valence-corrected chi connectivity index (χ3v) is 8.62. The molecule has 2 fully saturated rings. The third kappa shape index (κ3) is 6.27. The Bertz CT molecular complexity index is 1660. The second kappa shape index (κ2) is 11.5. The number of aromatic nitrogens is 5. The van der Waals surface area contributed by atoms with Crippen molar-refractivity contribution in [2.24, 2.45) is 0 Å². The highest BCUT2D eigenvalue weighted by molar-refractivity contribution is 6.09. The number of amides is 2. The molecule has 234 valence electrons. The summed E-state index contributed by atoms with van der Waals surface area (Å²) >= 11 is 0. The molecule has 0 unspecified atom stereocenters. The highest BCUT2D eigenvalue weighted by Crippen LogP contribution is 2.35. The number of nitrogens with zero attached hydrogens (tertiary/aromatic N) is 7. The van der Waals surface area contributed by atoms with E-state index in [1.54, 1.807) is 36.8 Å². The van der Waals surface area contributed by atoms with Gasteiger partial charge < -0.3 is 20.1 Å². The lowest BCUT2D eigenvalue weighted by atomic mass is 9.90. The molecule has 1 saturated carbocycles. The van der Waals surface area contributed by atoms with Crippen molar-refractivity contribution in [3.05, 3.63) is 54.1 Å². The summed E-state index contributed by atoms with van der Waals surface area (Å²) in [6, 6.07) is 6.27. The molecule has 1 aliphatic carbocycles. The number of piperazine rings is 1. The van der Waals surface area contributed by atoms with Crippen molar-refractivity contribution in [1.82, 2.24) is 34.2 Å². The minimum atomic E-state index is -1.20. The summed E-state index contributed by atoms with van der Waals surface area (Å²) in [6.07, 6.45) is 10.8. The lowest BCUT2D eigenvalue weighted by Crippen LogP contribution is -2.53. The fraction of sp³-hybridized carbons (Fsp3) is 0.531. The molecule has 0 spiro atoms. The minimum absolute atomic E-state index is 0.227. The molecule has 44 heavy (non-hydrogen) atoms. The predicted molar refractivity (Wildman–Crippen MR) is 167 cm³/mol. The number of hydrogen-bond donors (Lipinski definition) is 2. The molecule has 1 aliphatic heterocycles. The van der Waals surface area contributed by atoms with E-state index in [0.717, 1.165) is 49.7 Å². The SMILES string of the molecule is CC(C)(C)OC(=O)N1CCN(C2CCC(n3cc4cc(NC(=O)c5cnn6cccnc56)c(C(C)(C)O)cc4n3)CC2)CC1. The van der Waals surface area contributed by atoms with Crippen LogP contribution in [0.2, 0.25) is 0 Å². The highest BCUT2D eigenvalue weighted by atomic mass is 16.6. The van der Waals surface area contributed by atoms with Crippen LogP contribution in [0, 0.1) is 0 Å². The van der Waals surface area contributed by atoms with Gasteiger partial charge in [0.05, 0.1) is 23.4 Å². The number of carbonyl (C=O) groups is 2. The van der Waals surface area contributed by atoms with Crippen molar-refractivity contribution in [1.29, 1.82) is 0 Å². The summed E-state index contributed by atoms with van der Waals surface area (Å²) in [5.41, 5.74) is 1.02. The van der Waals surface area contributed by atoms with Crippen molar-refractivity contribution in [2.45, 2.75) is 83.6 Å². The summed E-state index contributed by atoms with van der Waals surface area (Å²) in [6.45, 7) is 12.2. The number of carbonyl (C=O) groups excluding carboxylic acids is 2. The van der Waals surface area contributed by atoms with Crippen LogP contribution in [0.3, 0.4) is 0 Å². The summed E-state index contributed by atoms with van der Waals surface area (Å²) in [5.74, 6) is -0.346. The molecule has 12 heteroatoms. The summed E-state index contributed by atoms with van der Waals surface area (Å²) < 4.78 is 9.15. The Morgan fingerprint density at radius 3 is 2.39 bits per heavy atom. The molecule has 0 radical (unpaired) electrons. The third-order valence-electron chi connectivity index (χ3n) is 8.62. The summed E-state index contributed by atoms with van der Waals surface area (Å²) in [7, 11) is 0. The Kier molecular flexibility index (Phi) is 7.83. The van der Waals surface area contributed by atoms with Crippen molar-refractivity contribution in [3.63, 3.8) is 0 Å². The van der Waals surface area contributed by atoms with Crippen LogP contribution in [0.25, 0.3) is 16.6 Å². The number of fused-ring (bicyclic) bond motifs is 2. The smallest absolute Gasteiger partial charge is 0.410 e. The summed E-state index contributed by atoms with van der Waals surface area (Å²) in [5, 5.41) is 24.0. The Labute approximate surface area is 257 Å². The standard InChI is InChI=1S/C32H42N8O4/c1-31(2,3)44-30(42)38-15-13-37(14-16-38)22-7-9-23(10-8-22)40-20-21-17-27(25(32(4,5)43)18-26(21)36-40)35-29(41)24-19-34-39-12-6-11-33-28(24)39/h6,11-12,17-20,22-23,43H,7-10,13-16H2,1-5H3,(H,35,41). The molecule has 1 saturated heterocycles. The van der Waals surface area contributed by atoms with Gasteiger partial charge in [-0.2, -0.15) is 10.2 Å². The Hall–Kier alpha value is -4.03. The number of benzene rings is 1. The molecule has 0 bridgehead atoms. The van der Waals surface area contributed by atoms with Gasteiger partial charge in [0.2, 0.25) is 0 Å². The van der Waals surface area contributed by atoms with E-state index in [-0.39, 0.29) is 18.0 Å². The second-order valence-electron chi connectivity index (χ2n) is 13.5. The maximum Gasteiger partial charge on any atom is 0.410 e. The van der Waals surface area contributed by atoms with Gasteiger partial charge in [0.25, 0.3) is 5.91 Å². The molecule has 0 atom stereocenters. The predicted octanol–water partition coefficient (Wildman–Crippen LogP) is 4.60. The molecule has 1 aromatic carbocycles. The van der Waals surface area contributed by atoms with E-state index in [4.69, 9.17) is 9.84 Å². The Morgan fingerprint density at radius 1 is 1.00 bits per heavy atom. The fourth-order valence-electron chi connectivity index (χ4n) is 6.35. The Balaban J connectivity index is 1.13. The molecule has 6 rings (SSSR count). The lowest BCUT2D eigenvalue weighted by molar-refractivity contribution is 0.00721. The molecule has 4 aromatic rings. The first-order valence-electron chi connectivity index (χ1n) is 15.4. The fourth-order valence-corrected chi connectivity index (χ4v) is 6.35. The average molecular weight is 603 g/mol. The maximum atomic E-state index is 13.3. The molecule has 2 amide bonds. The van der Waals surface area contributed by atoms with Crippen LogP contribution in [0.15, 0.2) is 43.0 Å². The Morgan fingerprint density at radius 2 is 1.70 bits per heavy atom. The van der Waals surface area contributed by atoms with Crippen LogP contribution in [0.5, 0.6) is 0 Å². The molecule has 2 aliphatic rings. The van der Waals surface area contributed by atoms with Crippen molar-refractivity contribution >= 4 is 34.2 Å². The molecule has 12 nitrogen and oxygen atoms in total. The van der Waals surface area contributed by atoms with Gasteiger partial charge in [-0.1, -0.05) is 0 Å². The topological polar surface area (TPSA) is 130 Å².